The normalized spacial score (nSPS) is 12.0. The first kappa shape index (κ1) is 18.2. The first-order valence-electron chi connectivity index (χ1n) is 8.31. The SMILES string of the molecule is COc1ccc(C(=O)C(C)Sc2nnc(-c3ccc(C)cc3)n2C)cc1. The van der Waals surface area contributed by atoms with Crippen molar-refractivity contribution in [2.45, 2.75) is 24.3 Å². The molecule has 0 spiro atoms. The van der Waals surface area contributed by atoms with Crippen LogP contribution < -0.4 is 4.74 Å². The van der Waals surface area contributed by atoms with E-state index in [1.807, 2.05) is 49.7 Å². The zero-order valence-electron chi connectivity index (χ0n) is 15.3. The molecular formula is C20H21N3O2S. The highest BCUT2D eigenvalue weighted by atomic mass is 32.2. The molecule has 0 amide bonds. The predicted octanol–water partition coefficient (Wildman–Crippen LogP) is 4.16. The topological polar surface area (TPSA) is 57.0 Å². The minimum atomic E-state index is -0.267. The Morgan fingerprint density at radius 2 is 1.73 bits per heavy atom. The van der Waals surface area contributed by atoms with Gasteiger partial charge < -0.3 is 9.30 Å². The van der Waals surface area contributed by atoms with Gasteiger partial charge in [0.1, 0.15) is 5.75 Å². The quantitative estimate of drug-likeness (QED) is 0.484. The molecular weight excluding hydrogens is 346 g/mol. The molecule has 1 aromatic heterocycles. The molecule has 0 aliphatic carbocycles. The van der Waals surface area contributed by atoms with E-state index in [1.54, 1.807) is 31.4 Å². The van der Waals surface area contributed by atoms with Gasteiger partial charge in [0.15, 0.2) is 16.8 Å². The van der Waals surface area contributed by atoms with E-state index in [2.05, 4.69) is 10.2 Å². The van der Waals surface area contributed by atoms with E-state index in [0.717, 1.165) is 22.3 Å². The molecule has 0 bridgehead atoms. The molecule has 1 unspecified atom stereocenters. The summed E-state index contributed by atoms with van der Waals surface area (Å²) in [4.78, 5) is 12.7. The van der Waals surface area contributed by atoms with Crippen LogP contribution in [0, 0.1) is 6.92 Å². The van der Waals surface area contributed by atoms with Gasteiger partial charge in [-0.2, -0.15) is 0 Å². The molecule has 0 saturated heterocycles. The molecule has 134 valence electrons. The number of aryl methyl sites for hydroxylation is 1. The third kappa shape index (κ3) is 3.80. The third-order valence-corrected chi connectivity index (χ3v) is 5.30. The third-order valence-electron chi connectivity index (χ3n) is 4.17. The number of hydrogen-bond donors (Lipinski definition) is 0. The maximum atomic E-state index is 12.7. The smallest absolute Gasteiger partial charge is 0.191 e. The summed E-state index contributed by atoms with van der Waals surface area (Å²) in [6.07, 6.45) is 0. The van der Waals surface area contributed by atoms with E-state index in [0.29, 0.717) is 5.56 Å². The Hall–Kier alpha value is -2.60. The number of ketones is 1. The number of methoxy groups -OCH3 is 1. The molecule has 3 aromatic rings. The summed E-state index contributed by atoms with van der Waals surface area (Å²) in [5.74, 6) is 1.58. The summed E-state index contributed by atoms with van der Waals surface area (Å²) in [6.45, 7) is 3.94. The van der Waals surface area contributed by atoms with E-state index < -0.39 is 0 Å². The highest BCUT2D eigenvalue weighted by molar-refractivity contribution is 8.00. The van der Waals surface area contributed by atoms with E-state index in [1.165, 1.54) is 17.3 Å². The van der Waals surface area contributed by atoms with Crippen LogP contribution in [0.5, 0.6) is 5.75 Å². The summed E-state index contributed by atoms with van der Waals surface area (Å²) in [6, 6.07) is 15.3. The largest absolute Gasteiger partial charge is 0.497 e. The van der Waals surface area contributed by atoms with Gasteiger partial charge in [-0.15, -0.1) is 10.2 Å². The van der Waals surface area contributed by atoms with E-state index in [9.17, 15) is 4.79 Å². The highest BCUT2D eigenvalue weighted by Gasteiger charge is 2.20. The molecule has 5 nitrogen and oxygen atoms in total. The Morgan fingerprint density at radius 1 is 1.08 bits per heavy atom. The molecule has 0 fully saturated rings. The molecule has 1 atom stereocenters. The Bertz CT molecular complexity index is 902. The monoisotopic (exact) mass is 367 g/mol. The lowest BCUT2D eigenvalue weighted by Gasteiger charge is -2.10. The number of nitrogens with zero attached hydrogens (tertiary/aromatic N) is 3. The number of Topliss-reactive ketones (excluding diaryl/α,β-unsaturated/α-hetero) is 1. The van der Waals surface area contributed by atoms with Crippen molar-refractivity contribution in [2.24, 2.45) is 7.05 Å². The fourth-order valence-corrected chi connectivity index (χ4v) is 3.47. The van der Waals surface area contributed by atoms with Gasteiger partial charge in [0.2, 0.25) is 0 Å². The average Bonchev–Trinajstić information content (AvgIpc) is 3.02. The van der Waals surface area contributed by atoms with E-state index in [-0.39, 0.29) is 11.0 Å². The van der Waals surface area contributed by atoms with Gasteiger partial charge in [-0.1, -0.05) is 41.6 Å². The second-order valence-electron chi connectivity index (χ2n) is 6.08. The number of benzene rings is 2. The second kappa shape index (κ2) is 7.74. The Morgan fingerprint density at radius 3 is 2.35 bits per heavy atom. The number of thioether (sulfide) groups is 1. The maximum Gasteiger partial charge on any atom is 0.191 e. The van der Waals surface area contributed by atoms with Crippen molar-refractivity contribution in [3.05, 3.63) is 59.7 Å². The molecule has 2 aromatic carbocycles. The zero-order chi connectivity index (χ0) is 18.7. The van der Waals surface area contributed by atoms with Crippen molar-refractivity contribution in [3.8, 4) is 17.1 Å². The first-order chi connectivity index (χ1) is 12.5. The van der Waals surface area contributed by atoms with Crippen molar-refractivity contribution in [2.75, 3.05) is 7.11 Å². The molecule has 6 heteroatoms. The molecule has 0 N–H and O–H groups in total. The summed E-state index contributed by atoms with van der Waals surface area (Å²) in [5, 5.41) is 9.00. The van der Waals surface area contributed by atoms with E-state index >= 15 is 0 Å². The molecule has 0 aliphatic rings. The summed E-state index contributed by atoms with van der Waals surface area (Å²) in [7, 11) is 3.52. The molecule has 0 radical (unpaired) electrons. The van der Waals surface area contributed by atoms with Gasteiger partial charge in [-0.3, -0.25) is 4.79 Å². The maximum absolute atomic E-state index is 12.7. The lowest BCUT2D eigenvalue weighted by Crippen LogP contribution is -2.14. The standard InChI is InChI=1S/C20H21N3O2S/c1-13-5-7-16(8-6-13)19-21-22-20(23(19)3)26-14(2)18(24)15-9-11-17(25-4)12-10-15/h5-12,14H,1-4H3. The van der Waals surface area contributed by atoms with Gasteiger partial charge in [0.05, 0.1) is 12.4 Å². The Balaban J connectivity index is 1.75. The zero-order valence-corrected chi connectivity index (χ0v) is 16.1. The number of carbonyl (C=O) groups excluding carboxylic acids is 1. The van der Waals surface area contributed by atoms with Crippen LogP contribution in [-0.2, 0) is 7.05 Å². The van der Waals surface area contributed by atoms with Crippen molar-refractivity contribution < 1.29 is 9.53 Å². The fraction of sp³-hybridized carbons (Fsp3) is 0.250. The molecule has 0 aliphatic heterocycles. The highest BCUT2D eigenvalue weighted by Crippen LogP contribution is 2.27. The van der Waals surface area contributed by atoms with Crippen molar-refractivity contribution in [3.63, 3.8) is 0 Å². The predicted molar refractivity (Wildman–Crippen MR) is 104 cm³/mol. The van der Waals surface area contributed by atoms with Crippen LogP contribution in [0.1, 0.15) is 22.8 Å². The van der Waals surface area contributed by atoms with Crippen LogP contribution in [0.4, 0.5) is 0 Å². The number of aromatic nitrogens is 3. The van der Waals surface area contributed by atoms with Crippen LogP contribution in [0.2, 0.25) is 0 Å². The first-order valence-corrected chi connectivity index (χ1v) is 9.19. The van der Waals surface area contributed by atoms with Crippen LogP contribution in [0.3, 0.4) is 0 Å². The van der Waals surface area contributed by atoms with Crippen molar-refractivity contribution >= 4 is 17.5 Å². The lowest BCUT2D eigenvalue weighted by atomic mass is 10.1. The number of hydrogen-bond acceptors (Lipinski definition) is 5. The summed E-state index contributed by atoms with van der Waals surface area (Å²) in [5.41, 5.74) is 2.86. The Kier molecular flexibility index (Phi) is 5.42. The van der Waals surface area contributed by atoms with Crippen LogP contribution in [0.15, 0.2) is 53.7 Å². The molecule has 26 heavy (non-hydrogen) atoms. The number of carbonyl (C=O) groups is 1. The minimum Gasteiger partial charge on any atom is -0.497 e. The Labute approximate surface area is 157 Å². The fourth-order valence-electron chi connectivity index (χ4n) is 2.57. The van der Waals surface area contributed by atoms with Crippen LogP contribution >= 0.6 is 11.8 Å². The van der Waals surface area contributed by atoms with Gasteiger partial charge in [0.25, 0.3) is 0 Å². The average molecular weight is 367 g/mol. The second-order valence-corrected chi connectivity index (χ2v) is 7.39. The van der Waals surface area contributed by atoms with Gasteiger partial charge >= 0.3 is 0 Å². The minimum absolute atomic E-state index is 0.0533. The van der Waals surface area contributed by atoms with Crippen molar-refractivity contribution in [1.29, 1.82) is 0 Å². The number of rotatable bonds is 6. The van der Waals surface area contributed by atoms with Gasteiger partial charge in [-0.05, 0) is 38.1 Å². The molecule has 0 saturated carbocycles. The van der Waals surface area contributed by atoms with Gasteiger partial charge in [-0.25, -0.2) is 0 Å². The molecule has 1 heterocycles. The van der Waals surface area contributed by atoms with Crippen LogP contribution in [-0.4, -0.2) is 32.9 Å². The summed E-state index contributed by atoms with van der Waals surface area (Å²) < 4.78 is 7.06. The number of ether oxygens (including phenoxy) is 1. The summed E-state index contributed by atoms with van der Waals surface area (Å²) >= 11 is 1.41. The van der Waals surface area contributed by atoms with Crippen molar-refractivity contribution in [1.82, 2.24) is 14.8 Å². The lowest BCUT2D eigenvalue weighted by molar-refractivity contribution is 0.0994. The van der Waals surface area contributed by atoms with Crippen LogP contribution in [0.25, 0.3) is 11.4 Å². The van der Waals surface area contributed by atoms with E-state index in [4.69, 9.17) is 4.74 Å². The van der Waals surface area contributed by atoms with Gasteiger partial charge in [0, 0.05) is 18.2 Å². The molecule has 3 rings (SSSR count).